The van der Waals surface area contributed by atoms with Gasteiger partial charge in [-0.05, 0) is 25.5 Å². The Labute approximate surface area is 108 Å². The van der Waals surface area contributed by atoms with E-state index in [2.05, 4.69) is 5.92 Å². The number of carbonyl (C=O) groups is 1. The number of carbonyl (C=O) groups excluding carboxylic acids is 1. The maximum Gasteiger partial charge on any atom is 0.255 e. The van der Waals surface area contributed by atoms with Gasteiger partial charge in [0.05, 0.1) is 18.3 Å². The first-order valence-electron chi connectivity index (χ1n) is 6.10. The third-order valence-electron chi connectivity index (χ3n) is 3.18. The highest BCUT2D eigenvalue weighted by Gasteiger charge is 2.24. The number of morpholine rings is 1. The van der Waals surface area contributed by atoms with Crippen molar-refractivity contribution in [2.45, 2.75) is 20.0 Å². The minimum absolute atomic E-state index is 0.00167. The van der Waals surface area contributed by atoms with Crippen LogP contribution in [0.3, 0.4) is 0 Å². The van der Waals surface area contributed by atoms with Crippen LogP contribution in [-0.4, -0.2) is 36.6 Å². The van der Waals surface area contributed by atoms with E-state index in [9.17, 15) is 4.79 Å². The van der Waals surface area contributed by atoms with Gasteiger partial charge >= 0.3 is 0 Å². The number of terminal acetylenes is 1. The van der Waals surface area contributed by atoms with E-state index >= 15 is 0 Å². The summed E-state index contributed by atoms with van der Waals surface area (Å²) in [6, 6.07) is 5.59. The first-order chi connectivity index (χ1) is 8.63. The Morgan fingerprint density at radius 2 is 2.33 bits per heavy atom. The molecule has 0 saturated carbocycles. The normalized spacial score (nSPS) is 19.4. The van der Waals surface area contributed by atoms with E-state index in [4.69, 9.17) is 11.2 Å². The summed E-state index contributed by atoms with van der Waals surface area (Å²) in [5, 5.41) is 0. The average Bonchev–Trinajstić information content (AvgIpc) is 2.37. The molecule has 3 nitrogen and oxygen atoms in total. The van der Waals surface area contributed by atoms with Gasteiger partial charge in [-0.15, -0.1) is 6.42 Å². The zero-order chi connectivity index (χ0) is 13.1. The van der Waals surface area contributed by atoms with E-state index in [-0.39, 0.29) is 12.0 Å². The van der Waals surface area contributed by atoms with E-state index in [1.54, 1.807) is 6.07 Å². The molecule has 1 heterocycles. The van der Waals surface area contributed by atoms with Crippen molar-refractivity contribution >= 4 is 5.91 Å². The number of hydrogen-bond donors (Lipinski definition) is 0. The Bertz CT molecular complexity index is 502. The van der Waals surface area contributed by atoms with E-state index in [0.717, 1.165) is 5.56 Å². The molecule has 0 radical (unpaired) electrons. The molecule has 2 rings (SSSR count). The molecule has 94 valence electrons. The standard InChI is InChI=1S/C15H17NO2/c1-4-13-11(2)6-5-7-14(13)15(17)16-8-9-18-12(3)10-16/h1,5-7,12H,8-10H2,2-3H3. The molecule has 0 bridgehead atoms. The fourth-order valence-corrected chi connectivity index (χ4v) is 2.21. The fraction of sp³-hybridized carbons (Fsp3) is 0.400. The first-order valence-corrected chi connectivity index (χ1v) is 6.10. The summed E-state index contributed by atoms with van der Waals surface area (Å²) in [4.78, 5) is 14.3. The number of amides is 1. The summed E-state index contributed by atoms with van der Waals surface area (Å²) in [6.07, 6.45) is 5.59. The minimum atomic E-state index is 0.00167. The zero-order valence-electron chi connectivity index (χ0n) is 10.8. The monoisotopic (exact) mass is 243 g/mol. The number of hydrogen-bond acceptors (Lipinski definition) is 2. The summed E-state index contributed by atoms with van der Waals surface area (Å²) in [5.41, 5.74) is 2.28. The molecule has 1 fully saturated rings. The lowest BCUT2D eigenvalue weighted by molar-refractivity contribution is -0.0124. The number of benzene rings is 1. The van der Waals surface area contributed by atoms with Crippen molar-refractivity contribution in [1.82, 2.24) is 4.90 Å². The Morgan fingerprint density at radius 1 is 1.56 bits per heavy atom. The highest BCUT2D eigenvalue weighted by atomic mass is 16.5. The van der Waals surface area contributed by atoms with E-state index in [0.29, 0.717) is 30.8 Å². The van der Waals surface area contributed by atoms with Crippen LogP contribution in [0.15, 0.2) is 18.2 Å². The number of aryl methyl sites for hydroxylation is 1. The van der Waals surface area contributed by atoms with Crippen LogP contribution in [-0.2, 0) is 4.74 Å². The predicted octanol–water partition coefficient (Wildman–Crippen LogP) is 1.84. The minimum Gasteiger partial charge on any atom is -0.375 e. The highest BCUT2D eigenvalue weighted by molar-refractivity contribution is 5.97. The molecular formula is C15H17NO2. The molecule has 1 aliphatic rings. The number of rotatable bonds is 1. The third-order valence-corrected chi connectivity index (χ3v) is 3.18. The maximum absolute atomic E-state index is 12.5. The van der Waals surface area contributed by atoms with Crippen molar-refractivity contribution in [3.8, 4) is 12.3 Å². The van der Waals surface area contributed by atoms with Gasteiger partial charge in [-0.2, -0.15) is 0 Å². The Hall–Kier alpha value is -1.79. The van der Waals surface area contributed by atoms with Crippen LogP contribution >= 0.6 is 0 Å². The predicted molar refractivity (Wildman–Crippen MR) is 70.4 cm³/mol. The lowest BCUT2D eigenvalue weighted by Gasteiger charge is -2.31. The van der Waals surface area contributed by atoms with Crippen molar-refractivity contribution in [2.24, 2.45) is 0 Å². The van der Waals surface area contributed by atoms with Crippen molar-refractivity contribution < 1.29 is 9.53 Å². The second-order valence-corrected chi connectivity index (χ2v) is 4.57. The molecule has 1 unspecified atom stereocenters. The van der Waals surface area contributed by atoms with Gasteiger partial charge < -0.3 is 9.64 Å². The summed E-state index contributed by atoms with van der Waals surface area (Å²) in [5.74, 6) is 2.62. The number of ether oxygens (including phenoxy) is 1. The second kappa shape index (κ2) is 5.24. The molecule has 1 amide bonds. The Balaban J connectivity index is 2.29. The molecule has 0 spiro atoms. The van der Waals surface area contributed by atoms with Crippen LogP contribution in [0.4, 0.5) is 0 Å². The fourth-order valence-electron chi connectivity index (χ4n) is 2.21. The Morgan fingerprint density at radius 3 is 3.00 bits per heavy atom. The van der Waals surface area contributed by atoms with Gasteiger partial charge in [-0.1, -0.05) is 18.1 Å². The van der Waals surface area contributed by atoms with Crippen molar-refractivity contribution in [3.63, 3.8) is 0 Å². The van der Waals surface area contributed by atoms with Crippen molar-refractivity contribution in [2.75, 3.05) is 19.7 Å². The number of nitrogens with zero attached hydrogens (tertiary/aromatic N) is 1. The van der Waals surface area contributed by atoms with Crippen LogP contribution in [0.2, 0.25) is 0 Å². The SMILES string of the molecule is C#Cc1c(C)cccc1C(=O)N1CCOC(C)C1. The summed E-state index contributed by atoms with van der Waals surface area (Å²) < 4.78 is 5.44. The van der Waals surface area contributed by atoms with E-state index in [1.807, 2.05) is 30.9 Å². The molecule has 1 aliphatic heterocycles. The second-order valence-electron chi connectivity index (χ2n) is 4.57. The lowest BCUT2D eigenvalue weighted by Crippen LogP contribution is -2.44. The van der Waals surface area contributed by atoms with Gasteiger partial charge in [0.15, 0.2) is 0 Å². The van der Waals surface area contributed by atoms with Gasteiger partial charge in [0, 0.05) is 18.7 Å². The molecule has 1 atom stereocenters. The molecule has 0 N–H and O–H groups in total. The van der Waals surface area contributed by atoms with Gasteiger partial charge in [-0.25, -0.2) is 0 Å². The van der Waals surface area contributed by atoms with E-state index < -0.39 is 0 Å². The van der Waals surface area contributed by atoms with Crippen LogP contribution in [0, 0.1) is 19.3 Å². The molecular weight excluding hydrogens is 226 g/mol. The maximum atomic E-state index is 12.5. The quantitative estimate of drug-likeness (QED) is 0.704. The average molecular weight is 243 g/mol. The van der Waals surface area contributed by atoms with Gasteiger partial charge in [0.1, 0.15) is 0 Å². The highest BCUT2D eigenvalue weighted by Crippen LogP contribution is 2.17. The molecule has 18 heavy (non-hydrogen) atoms. The topological polar surface area (TPSA) is 29.5 Å². The molecule has 1 aromatic carbocycles. The summed E-state index contributed by atoms with van der Waals surface area (Å²) >= 11 is 0. The van der Waals surface area contributed by atoms with Crippen LogP contribution in [0.1, 0.15) is 28.4 Å². The van der Waals surface area contributed by atoms with Crippen LogP contribution in [0.5, 0.6) is 0 Å². The molecule has 1 saturated heterocycles. The largest absolute Gasteiger partial charge is 0.375 e. The smallest absolute Gasteiger partial charge is 0.255 e. The van der Waals surface area contributed by atoms with Crippen molar-refractivity contribution in [1.29, 1.82) is 0 Å². The summed E-state index contributed by atoms with van der Waals surface area (Å²) in [6.45, 7) is 5.73. The molecule has 0 aliphatic carbocycles. The van der Waals surface area contributed by atoms with Crippen molar-refractivity contribution in [3.05, 3.63) is 34.9 Å². The lowest BCUT2D eigenvalue weighted by atomic mass is 10.0. The summed E-state index contributed by atoms with van der Waals surface area (Å²) in [7, 11) is 0. The third kappa shape index (κ3) is 2.39. The van der Waals surface area contributed by atoms with Gasteiger partial charge in [0.25, 0.3) is 5.91 Å². The first kappa shape index (κ1) is 12.7. The van der Waals surface area contributed by atoms with Gasteiger partial charge in [-0.3, -0.25) is 4.79 Å². The van der Waals surface area contributed by atoms with E-state index in [1.165, 1.54) is 0 Å². The Kier molecular flexibility index (Phi) is 3.69. The van der Waals surface area contributed by atoms with Crippen LogP contribution < -0.4 is 0 Å². The van der Waals surface area contributed by atoms with Gasteiger partial charge in [0.2, 0.25) is 0 Å². The molecule has 3 heteroatoms. The molecule has 1 aromatic rings. The molecule has 0 aromatic heterocycles. The van der Waals surface area contributed by atoms with Crippen LogP contribution in [0.25, 0.3) is 0 Å². The zero-order valence-corrected chi connectivity index (χ0v) is 10.8.